The predicted molar refractivity (Wildman–Crippen MR) is 46.8 cm³/mol. The number of methoxy groups -OCH3 is 1. The number of rotatable bonds is 2. The topological polar surface area (TPSA) is 38.3 Å². The minimum Gasteiger partial charge on any atom is -0.469 e. The van der Waals surface area contributed by atoms with Crippen LogP contribution in [0.3, 0.4) is 0 Å². The first kappa shape index (κ1) is 9.52. The molecule has 2 atom stereocenters. The standard InChI is InChI=1S/C9H17NO2/c1-3-8-7(9(11)12-2)5-4-6-10-8/h7-8,10H,3-6H2,1-2H3/t7-,8-/m0/s1. The molecule has 1 rings (SSSR count). The molecule has 1 aliphatic heterocycles. The van der Waals surface area contributed by atoms with Crippen molar-refractivity contribution >= 4 is 5.97 Å². The van der Waals surface area contributed by atoms with E-state index in [0.717, 1.165) is 25.8 Å². The highest BCUT2D eigenvalue weighted by Crippen LogP contribution is 2.19. The third kappa shape index (κ3) is 1.97. The Balaban J connectivity index is 2.52. The van der Waals surface area contributed by atoms with Crippen LogP contribution in [0.5, 0.6) is 0 Å². The van der Waals surface area contributed by atoms with E-state index in [2.05, 4.69) is 12.2 Å². The normalized spacial score (nSPS) is 29.8. The van der Waals surface area contributed by atoms with Crippen LogP contribution >= 0.6 is 0 Å². The van der Waals surface area contributed by atoms with Crippen LogP contribution in [0, 0.1) is 5.92 Å². The molecule has 1 fully saturated rings. The monoisotopic (exact) mass is 171 g/mol. The summed E-state index contributed by atoms with van der Waals surface area (Å²) in [5.74, 6) is 0.0165. The van der Waals surface area contributed by atoms with E-state index >= 15 is 0 Å². The van der Waals surface area contributed by atoms with E-state index in [0.29, 0.717) is 6.04 Å². The third-order valence-corrected chi connectivity index (χ3v) is 2.53. The van der Waals surface area contributed by atoms with Gasteiger partial charge in [-0.05, 0) is 25.8 Å². The third-order valence-electron chi connectivity index (χ3n) is 2.53. The Labute approximate surface area is 73.5 Å². The first-order chi connectivity index (χ1) is 5.79. The van der Waals surface area contributed by atoms with Gasteiger partial charge in [-0.3, -0.25) is 4.79 Å². The van der Waals surface area contributed by atoms with Crippen molar-refractivity contribution < 1.29 is 9.53 Å². The Morgan fingerprint density at radius 3 is 3.00 bits per heavy atom. The number of hydrogen-bond acceptors (Lipinski definition) is 3. The molecule has 3 nitrogen and oxygen atoms in total. The molecule has 1 N–H and O–H groups in total. The summed E-state index contributed by atoms with van der Waals surface area (Å²) < 4.78 is 4.74. The lowest BCUT2D eigenvalue weighted by molar-refractivity contribution is -0.147. The fraction of sp³-hybridized carbons (Fsp3) is 0.889. The van der Waals surface area contributed by atoms with Crippen LogP contribution in [0.25, 0.3) is 0 Å². The zero-order chi connectivity index (χ0) is 8.97. The maximum absolute atomic E-state index is 11.3. The van der Waals surface area contributed by atoms with Crippen molar-refractivity contribution in [2.45, 2.75) is 32.2 Å². The highest BCUT2D eigenvalue weighted by molar-refractivity contribution is 5.73. The molecule has 3 heteroatoms. The molecular formula is C9H17NO2. The highest BCUT2D eigenvalue weighted by Gasteiger charge is 2.29. The quantitative estimate of drug-likeness (QED) is 0.628. The van der Waals surface area contributed by atoms with Gasteiger partial charge in [-0.1, -0.05) is 6.92 Å². The molecular weight excluding hydrogens is 154 g/mol. The van der Waals surface area contributed by atoms with Gasteiger partial charge in [0.25, 0.3) is 0 Å². The van der Waals surface area contributed by atoms with Gasteiger partial charge in [0.2, 0.25) is 0 Å². The fourth-order valence-electron chi connectivity index (χ4n) is 1.82. The second-order valence-electron chi connectivity index (χ2n) is 3.24. The highest BCUT2D eigenvalue weighted by atomic mass is 16.5. The van der Waals surface area contributed by atoms with Crippen molar-refractivity contribution in [1.82, 2.24) is 5.32 Å². The summed E-state index contributed by atoms with van der Waals surface area (Å²) in [5, 5.41) is 3.33. The average Bonchev–Trinajstić information content (AvgIpc) is 2.16. The molecule has 0 spiro atoms. The number of ether oxygens (including phenoxy) is 1. The lowest BCUT2D eigenvalue weighted by atomic mass is 9.89. The van der Waals surface area contributed by atoms with Crippen molar-refractivity contribution in [1.29, 1.82) is 0 Å². The van der Waals surface area contributed by atoms with E-state index < -0.39 is 0 Å². The number of carbonyl (C=O) groups excluding carboxylic acids is 1. The number of piperidine rings is 1. The summed E-state index contributed by atoms with van der Waals surface area (Å²) in [4.78, 5) is 11.3. The van der Waals surface area contributed by atoms with Crippen LogP contribution in [0.4, 0.5) is 0 Å². The van der Waals surface area contributed by atoms with E-state index in [4.69, 9.17) is 4.74 Å². The minimum absolute atomic E-state index is 0.0611. The smallest absolute Gasteiger partial charge is 0.310 e. The molecule has 1 saturated heterocycles. The molecule has 0 aromatic carbocycles. The van der Waals surface area contributed by atoms with E-state index in [1.54, 1.807) is 0 Å². The van der Waals surface area contributed by atoms with Gasteiger partial charge in [0.15, 0.2) is 0 Å². The Bertz CT molecular complexity index is 159. The van der Waals surface area contributed by atoms with E-state index in [1.807, 2.05) is 0 Å². The first-order valence-corrected chi connectivity index (χ1v) is 4.60. The maximum Gasteiger partial charge on any atom is 0.310 e. The van der Waals surface area contributed by atoms with Crippen molar-refractivity contribution in [3.05, 3.63) is 0 Å². The van der Waals surface area contributed by atoms with Crippen LogP contribution in [-0.4, -0.2) is 25.7 Å². The summed E-state index contributed by atoms with van der Waals surface area (Å²) in [6, 6.07) is 0.325. The summed E-state index contributed by atoms with van der Waals surface area (Å²) >= 11 is 0. The van der Waals surface area contributed by atoms with Crippen LogP contribution in [0.1, 0.15) is 26.2 Å². The van der Waals surface area contributed by atoms with Crippen LogP contribution in [-0.2, 0) is 9.53 Å². The van der Waals surface area contributed by atoms with Gasteiger partial charge in [-0.15, -0.1) is 0 Å². The van der Waals surface area contributed by atoms with Crippen LogP contribution < -0.4 is 5.32 Å². The molecule has 0 aromatic rings. The Morgan fingerprint density at radius 1 is 1.67 bits per heavy atom. The molecule has 1 aliphatic rings. The van der Waals surface area contributed by atoms with Gasteiger partial charge < -0.3 is 10.1 Å². The van der Waals surface area contributed by atoms with Crippen molar-refractivity contribution in [3.8, 4) is 0 Å². The summed E-state index contributed by atoms with van der Waals surface area (Å²) in [5.41, 5.74) is 0. The van der Waals surface area contributed by atoms with Gasteiger partial charge in [0.1, 0.15) is 0 Å². The maximum atomic E-state index is 11.3. The van der Waals surface area contributed by atoms with Gasteiger partial charge in [0, 0.05) is 6.04 Å². The fourth-order valence-corrected chi connectivity index (χ4v) is 1.82. The average molecular weight is 171 g/mol. The molecule has 0 amide bonds. The molecule has 0 unspecified atom stereocenters. The van der Waals surface area contributed by atoms with E-state index in [-0.39, 0.29) is 11.9 Å². The van der Waals surface area contributed by atoms with E-state index in [1.165, 1.54) is 7.11 Å². The number of carbonyl (C=O) groups is 1. The molecule has 0 aromatic heterocycles. The minimum atomic E-state index is -0.0611. The lowest BCUT2D eigenvalue weighted by Crippen LogP contribution is -2.44. The van der Waals surface area contributed by atoms with Gasteiger partial charge >= 0.3 is 5.97 Å². The number of esters is 1. The zero-order valence-electron chi connectivity index (χ0n) is 7.80. The number of nitrogens with one attached hydrogen (secondary N) is 1. The van der Waals surface area contributed by atoms with Crippen molar-refractivity contribution in [2.24, 2.45) is 5.92 Å². The Kier molecular flexibility index (Phi) is 3.53. The molecule has 1 heterocycles. The SMILES string of the molecule is CC[C@@H]1NCCC[C@@H]1C(=O)OC. The van der Waals surface area contributed by atoms with Gasteiger partial charge in [-0.2, -0.15) is 0 Å². The molecule has 0 saturated carbocycles. The molecule has 12 heavy (non-hydrogen) atoms. The molecule has 0 bridgehead atoms. The van der Waals surface area contributed by atoms with Crippen LogP contribution in [0.2, 0.25) is 0 Å². The molecule has 0 aliphatic carbocycles. The second-order valence-corrected chi connectivity index (χ2v) is 3.24. The van der Waals surface area contributed by atoms with Gasteiger partial charge in [-0.25, -0.2) is 0 Å². The molecule has 0 radical (unpaired) electrons. The predicted octanol–water partition coefficient (Wildman–Crippen LogP) is 0.938. The second kappa shape index (κ2) is 4.45. The first-order valence-electron chi connectivity index (χ1n) is 4.60. The summed E-state index contributed by atoms with van der Waals surface area (Å²) in [6.07, 6.45) is 3.05. The Hall–Kier alpha value is -0.570. The van der Waals surface area contributed by atoms with Crippen molar-refractivity contribution in [2.75, 3.05) is 13.7 Å². The van der Waals surface area contributed by atoms with E-state index in [9.17, 15) is 4.79 Å². The van der Waals surface area contributed by atoms with Gasteiger partial charge in [0.05, 0.1) is 13.0 Å². The van der Waals surface area contributed by atoms with Crippen molar-refractivity contribution in [3.63, 3.8) is 0 Å². The Morgan fingerprint density at radius 2 is 2.42 bits per heavy atom. The summed E-state index contributed by atoms with van der Waals surface area (Å²) in [7, 11) is 1.46. The lowest BCUT2D eigenvalue weighted by Gasteiger charge is -2.29. The number of hydrogen-bond donors (Lipinski definition) is 1. The van der Waals surface area contributed by atoms with Crippen LogP contribution in [0.15, 0.2) is 0 Å². The zero-order valence-corrected chi connectivity index (χ0v) is 7.80. The molecule has 70 valence electrons. The largest absolute Gasteiger partial charge is 0.469 e. The summed E-state index contributed by atoms with van der Waals surface area (Å²) in [6.45, 7) is 3.13.